The Kier molecular flexibility index (Phi) is 6.33. The minimum absolute atomic E-state index is 0.0863. The number of carbonyl (C=O) groups is 1. The first kappa shape index (κ1) is 18.1. The molecule has 0 aliphatic heterocycles. The van der Waals surface area contributed by atoms with Crippen molar-refractivity contribution in [3.05, 3.63) is 39.6 Å². The van der Waals surface area contributed by atoms with Gasteiger partial charge in [0.05, 0.1) is 11.8 Å². The number of rotatable bonds is 6. The van der Waals surface area contributed by atoms with Crippen molar-refractivity contribution in [1.29, 1.82) is 0 Å². The summed E-state index contributed by atoms with van der Waals surface area (Å²) in [6.45, 7) is 6.58. The van der Waals surface area contributed by atoms with Crippen LogP contribution in [0.5, 0.6) is 0 Å². The zero-order valence-corrected chi connectivity index (χ0v) is 15.5. The van der Waals surface area contributed by atoms with Gasteiger partial charge in [-0.3, -0.25) is 4.79 Å². The quantitative estimate of drug-likeness (QED) is 0.781. The van der Waals surface area contributed by atoms with Crippen molar-refractivity contribution in [2.24, 2.45) is 0 Å². The van der Waals surface area contributed by atoms with E-state index in [0.717, 1.165) is 23.1 Å². The third kappa shape index (κ3) is 4.62. The number of thioether (sulfide) groups is 1. The van der Waals surface area contributed by atoms with Crippen molar-refractivity contribution in [2.45, 2.75) is 38.5 Å². The van der Waals surface area contributed by atoms with Crippen LogP contribution in [0, 0.1) is 6.92 Å². The van der Waals surface area contributed by atoms with Gasteiger partial charge in [0, 0.05) is 16.6 Å². The Balaban J connectivity index is 1.94. The molecular formula is C15H18Cl2N4OS. The van der Waals surface area contributed by atoms with E-state index in [1.807, 2.05) is 31.4 Å². The summed E-state index contributed by atoms with van der Waals surface area (Å²) in [5, 5.41) is 12.9. The maximum absolute atomic E-state index is 12.1. The summed E-state index contributed by atoms with van der Waals surface area (Å²) in [6, 6.07) is 5.05. The van der Waals surface area contributed by atoms with Crippen molar-refractivity contribution in [3.8, 4) is 0 Å². The van der Waals surface area contributed by atoms with E-state index >= 15 is 0 Å². The van der Waals surface area contributed by atoms with E-state index in [2.05, 4.69) is 15.5 Å². The fourth-order valence-electron chi connectivity index (χ4n) is 2.18. The van der Waals surface area contributed by atoms with Crippen LogP contribution in [-0.4, -0.2) is 26.4 Å². The van der Waals surface area contributed by atoms with Crippen molar-refractivity contribution in [2.75, 3.05) is 5.75 Å². The molecule has 2 rings (SSSR count). The lowest BCUT2D eigenvalue weighted by atomic mass is 10.1. The summed E-state index contributed by atoms with van der Waals surface area (Å²) in [5.41, 5.74) is 0.835. The minimum atomic E-state index is -0.196. The van der Waals surface area contributed by atoms with Crippen LogP contribution in [0.2, 0.25) is 10.0 Å². The average molecular weight is 373 g/mol. The zero-order chi connectivity index (χ0) is 17.0. The lowest BCUT2D eigenvalue weighted by Gasteiger charge is -2.16. The number of carbonyl (C=O) groups excluding carboxylic acids is 1. The molecule has 1 atom stereocenters. The summed E-state index contributed by atoms with van der Waals surface area (Å²) < 4.78 is 1.97. The Morgan fingerprint density at radius 2 is 2.13 bits per heavy atom. The van der Waals surface area contributed by atoms with Crippen LogP contribution < -0.4 is 5.32 Å². The van der Waals surface area contributed by atoms with E-state index in [-0.39, 0.29) is 17.7 Å². The molecule has 0 spiro atoms. The smallest absolute Gasteiger partial charge is 0.230 e. The fourth-order valence-corrected chi connectivity index (χ4v) is 3.61. The first-order valence-corrected chi connectivity index (χ1v) is 8.93. The highest BCUT2D eigenvalue weighted by molar-refractivity contribution is 7.99. The number of amides is 1. The third-order valence-electron chi connectivity index (χ3n) is 3.36. The SMILES string of the molecule is CCn1c(C)nnc1SCC(=O)NC(C)c1ccc(Cl)cc1Cl. The molecule has 0 aliphatic rings. The van der Waals surface area contributed by atoms with Gasteiger partial charge in [0.15, 0.2) is 5.16 Å². The van der Waals surface area contributed by atoms with Gasteiger partial charge in [0.25, 0.3) is 0 Å². The molecule has 8 heteroatoms. The number of nitrogens with one attached hydrogen (secondary N) is 1. The van der Waals surface area contributed by atoms with Crippen molar-refractivity contribution < 1.29 is 4.79 Å². The monoisotopic (exact) mass is 372 g/mol. The number of halogens is 2. The normalized spacial score (nSPS) is 12.2. The molecule has 2 aromatic rings. The molecule has 1 aromatic carbocycles. The second kappa shape index (κ2) is 8.04. The number of hydrogen-bond acceptors (Lipinski definition) is 4. The average Bonchev–Trinajstić information content (AvgIpc) is 2.85. The summed E-state index contributed by atoms with van der Waals surface area (Å²) in [4.78, 5) is 12.1. The zero-order valence-electron chi connectivity index (χ0n) is 13.1. The highest BCUT2D eigenvalue weighted by atomic mass is 35.5. The topological polar surface area (TPSA) is 59.8 Å². The summed E-state index contributed by atoms with van der Waals surface area (Å²) >= 11 is 13.4. The van der Waals surface area contributed by atoms with Gasteiger partial charge in [-0.25, -0.2) is 0 Å². The van der Waals surface area contributed by atoms with E-state index < -0.39 is 0 Å². The first-order chi connectivity index (χ1) is 10.9. The van der Waals surface area contributed by atoms with Gasteiger partial charge < -0.3 is 9.88 Å². The Labute approximate surface area is 149 Å². The van der Waals surface area contributed by atoms with Crippen LogP contribution in [0.25, 0.3) is 0 Å². The number of benzene rings is 1. The predicted molar refractivity (Wildman–Crippen MR) is 94.2 cm³/mol. The second-order valence-corrected chi connectivity index (χ2v) is 6.80. The number of aryl methyl sites for hydroxylation is 1. The van der Waals surface area contributed by atoms with Gasteiger partial charge in [-0.2, -0.15) is 0 Å². The number of hydrogen-bond donors (Lipinski definition) is 1. The predicted octanol–water partition coefficient (Wildman–Crippen LogP) is 3.88. The lowest BCUT2D eigenvalue weighted by molar-refractivity contribution is -0.119. The van der Waals surface area contributed by atoms with Crippen molar-refractivity contribution >= 4 is 40.9 Å². The number of nitrogens with zero attached hydrogens (tertiary/aromatic N) is 3. The standard InChI is InChI=1S/C15H18Cl2N4OS/c1-4-21-10(3)19-20-15(21)23-8-14(22)18-9(2)12-6-5-11(16)7-13(12)17/h5-7,9H,4,8H2,1-3H3,(H,18,22). The molecule has 1 unspecified atom stereocenters. The van der Waals surface area contributed by atoms with E-state index in [1.165, 1.54) is 11.8 Å². The van der Waals surface area contributed by atoms with Crippen molar-refractivity contribution in [1.82, 2.24) is 20.1 Å². The lowest BCUT2D eigenvalue weighted by Crippen LogP contribution is -2.28. The molecule has 0 aliphatic carbocycles. The third-order valence-corrected chi connectivity index (χ3v) is 4.89. The Morgan fingerprint density at radius 3 is 2.78 bits per heavy atom. The first-order valence-electron chi connectivity index (χ1n) is 7.19. The van der Waals surface area contributed by atoms with E-state index in [0.29, 0.717) is 10.0 Å². The molecule has 1 heterocycles. The maximum Gasteiger partial charge on any atom is 0.230 e. The van der Waals surface area contributed by atoms with Crippen LogP contribution in [0.3, 0.4) is 0 Å². The molecule has 23 heavy (non-hydrogen) atoms. The molecule has 1 aromatic heterocycles. The van der Waals surface area contributed by atoms with Crippen LogP contribution in [0.4, 0.5) is 0 Å². The Morgan fingerprint density at radius 1 is 1.39 bits per heavy atom. The molecule has 1 N–H and O–H groups in total. The van der Waals surface area contributed by atoms with E-state index in [4.69, 9.17) is 23.2 Å². The Bertz CT molecular complexity index is 705. The molecule has 0 radical (unpaired) electrons. The van der Waals surface area contributed by atoms with Gasteiger partial charge in [0.1, 0.15) is 5.82 Å². The van der Waals surface area contributed by atoms with Crippen LogP contribution in [0.1, 0.15) is 31.3 Å². The second-order valence-electron chi connectivity index (χ2n) is 5.02. The minimum Gasteiger partial charge on any atom is -0.349 e. The molecule has 0 fully saturated rings. The van der Waals surface area contributed by atoms with E-state index in [9.17, 15) is 4.79 Å². The molecule has 124 valence electrons. The van der Waals surface area contributed by atoms with Gasteiger partial charge >= 0.3 is 0 Å². The van der Waals surface area contributed by atoms with Gasteiger partial charge in [-0.1, -0.05) is 41.0 Å². The van der Waals surface area contributed by atoms with Gasteiger partial charge in [0.2, 0.25) is 5.91 Å². The van der Waals surface area contributed by atoms with Crippen molar-refractivity contribution in [3.63, 3.8) is 0 Å². The molecule has 1 amide bonds. The Hall–Kier alpha value is -1.24. The van der Waals surface area contributed by atoms with Crippen LogP contribution in [-0.2, 0) is 11.3 Å². The molecule has 5 nitrogen and oxygen atoms in total. The highest BCUT2D eigenvalue weighted by Gasteiger charge is 2.15. The fraction of sp³-hybridized carbons (Fsp3) is 0.400. The molecular weight excluding hydrogens is 355 g/mol. The number of aromatic nitrogens is 3. The molecule has 0 saturated heterocycles. The summed E-state index contributed by atoms with van der Waals surface area (Å²) in [7, 11) is 0. The van der Waals surface area contributed by atoms with Crippen LogP contribution in [0.15, 0.2) is 23.4 Å². The largest absolute Gasteiger partial charge is 0.349 e. The van der Waals surface area contributed by atoms with E-state index in [1.54, 1.807) is 12.1 Å². The highest BCUT2D eigenvalue weighted by Crippen LogP contribution is 2.26. The maximum atomic E-state index is 12.1. The molecule has 0 saturated carbocycles. The molecule has 0 bridgehead atoms. The summed E-state index contributed by atoms with van der Waals surface area (Å²) in [5.74, 6) is 1.03. The summed E-state index contributed by atoms with van der Waals surface area (Å²) in [6.07, 6.45) is 0. The van der Waals surface area contributed by atoms with Crippen LogP contribution >= 0.6 is 35.0 Å². The van der Waals surface area contributed by atoms with Gasteiger partial charge in [-0.15, -0.1) is 10.2 Å². The van der Waals surface area contributed by atoms with Gasteiger partial charge in [-0.05, 0) is 38.5 Å².